The molecular formula is C27H46. The van der Waals surface area contributed by atoms with E-state index in [2.05, 4.69) is 50.9 Å². The number of hydrogen-bond donors (Lipinski definition) is 0. The van der Waals surface area contributed by atoms with Gasteiger partial charge in [-0.1, -0.05) is 106 Å². The van der Waals surface area contributed by atoms with Gasteiger partial charge in [-0.15, -0.1) is 0 Å². The van der Waals surface area contributed by atoms with E-state index in [0.717, 1.165) is 22.3 Å². The molecule has 0 amide bonds. The predicted octanol–water partition coefficient (Wildman–Crippen LogP) is 8.18. The Morgan fingerprint density at radius 1 is 0.704 bits per heavy atom. The second kappa shape index (κ2) is 23.9. The molecule has 0 aromatic heterocycles. The van der Waals surface area contributed by atoms with Gasteiger partial charge in [-0.3, -0.25) is 0 Å². The Morgan fingerprint density at radius 2 is 1.11 bits per heavy atom. The Balaban J connectivity index is -0.000000292. The molecule has 1 aromatic rings. The number of allylic oxidation sites excluding steroid dienone is 4. The summed E-state index contributed by atoms with van der Waals surface area (Å²) in [5, 5.41) is 2.44. The summed E-state index contributed by atoms with van der Waals surface area (Å²) in [6.07, 6.45) is 9.87. The van der Waals surface area contributed by atoms with Crippen molar-refractivity contribution in [2.24, 2.45) is 0 Å². The summed E-state index contributed by atoms with van der Waals surface area (Å²) in [4.78, 5) is 0. The molecule has 0 aliphatic heterocycles. The zero-order valence-corrected chi connectivity index (χ0v) is 20.2. The average molecular weight is 371 g/mol. The lowest BCUT2D eigenvalue weighted by Gasteiger charge is -2.10. The molecule has 0 saturated heterocycles. The molecule has 0 saturated carbocycles. The molecule has 0 N–H and O–H groups in total. The molecule has 0 unspecified atom stereocenters. The second-order valence-electron chi connectivity index (χ2n) is 4.35. The SMILES string of the molecule is C=C/C(C)=C(\C=C)c1cc(=C/C)/c(=C\C)cc1C=C.CC.CC.CC.CC. The summed E-state index contributed by atoms with van der Waals surface area (Å²) < 4.78 is 0. The summed E-state index contributed by atoms with van der Waals surface area (Å²) >= 11 is 0. The van der Waals surface area contributed by atoms with Crippen molar-refractivity contribution in [3.8, 4) is 0 Å². The number of hydrogen-bond acceptors (Lipinski definition) is 0. The Kier molecular flexibility index (Phi) is 28.9. The van der Waals surface area contributed by atoms with E-state index in [1.54, 1.807) is 0 Å². The highest BCUT2D eigenvalue weighted by molar-refractivity contribution is 5.82. The molecule has 27 heavy (non-hydrogen) atoms. The van der Waals surface area contributed by atoms with Gasteiger partial charge in [0.25, 0.3) is 0 Å². The predicted molar refractivity (Wildman–Crippen MR) is 134 cm³/mol. The summed E-state index contributed by atoms with van der Waals surface area (Å²) in [6.45, 7) is 33.8. The van der Waals surface area contributed by atoms with Crippen LogP contribution in [0, 0.1) is 0 Å². The van der Waals surface area contributed by atoms with Gasteiger partial charge in [-0.2, -0.15) is 0 Å². The molecule has 0 aliphatic carbocycles. The quantitative estimate of drug-likeness (QED) is 0.469. The van der Waals surface area contributed by atoms with Gasteiger partial charge in [-0.25, -0.2) is 0 Å². The zero-order valence-electron chi connectivity index (χ0n) is 20.2. The minimum atomic E-state index is 1.11. The molecule has 0 nitrogen and oxygen atoms in total. The molecule has 0 heteroatoms. The Morgan fingerprint density at radius 3 is 1.41 bits per heavy atom. The van der Waals surface area contributed by atoms with Gasteiger partial charge in [0.1, 0.15) is 0 Å². The van der Waals surface area contributed by atoms with E-state index in [1.165, 1.54) is 10.4 Å². The van der Waals surface area contributed by atoms with Crippen LogP contribution < -0.4 is 10.4 Å². The lowest BCUT2D eigenvalue weighted by molar-refractivity contribution is 1.42. The Hall–Kier alpha value is -2.08. The standard InChI is InChI=1S/C19H22.4C2H6/c1-7-14(6)18(11-5)19-13-16(9-3)15(8-2)12-17(19)10-4;4*1-2/h7-13H,1,4-5H2,2-3,6H3;4*1-2H3/b15-8-,16-9-,18-14+;;;;. The van der Waals surface area contributed by atoms with Gasteiger partial charge < -0.3 is 0 Å². The topological polar surface area (TPSA) is 0 Å². The van der Waals surface area contributed by atoms with Crippen LogP contribution in [0.4, 0.5) is 0 Å². The summed E-state index contributed by atoms with van der Waals surface area (Å²) in [7, 11) is 0. The van der Waals surface area contributed by atoms with Crippen molar-refractivity contribution in [1.82, 2.24) is 0 Å². The third kappa shape index (κ3) is 11.3. The molecule has 1 aromatic carbocycles. The van der Waals surface area contributed by atoms with Gasteiger partial charge in [0, 0.05) is 0 Å². The van der Waals surface area contributed by atoms with E-state index in [-0.39, 0.29) is 0 Å². The molecular weight excluding hydrogens is 324 g/mol. The molecule has 0 spiro atoms. The summed E-state index contributed by atoms with van der Waals surface area (Å²) in [5.74, 6) is 0. The van der Waals surface area contributed by atoms with Crippen molar-refractivity contribution in [3.05, 3.63) is 71.2 Å². The molecule has 1 rings (SSSR count). The molecule has 0 fully saturated rings. The van der Waals surface area contributed by atoms with Crippen molar-refractivity contribution in [2.45, 2.75) is 76.2 Å². The van der Waals surface area contributed by atoms with Crippen molar-refractivity contribution < 1.29 is 0 Å². The first-order valence-electron chi connectivity index (χ1n) is 10.5. The number of benzene rings is 1. The van der Waals surface area contributed by atoms with Crippen LogP contribution in [0.15, 0.2) is 49.6 Å². The van der Waals surface area contributed by atoms with E-state index >= 15 is 0 Å². The minimum Gasteiger partial charge on any atom is -0.0988 e. The van der Waals surface area contributed by atoms with Crippen molar-refractivity contribution in [1.29, 1.82) is 0 Å². The van der Waals surface area contributed by atoms with Crippen LogP contribution in [0.5, 0.6) is 0 Å². The van der Waals surface area contributed by atoms with E-state index in [0.29, 0.717) is 0 Å². The van der Waals surface area contributed by atoms with E-state index in [9.17, 15) is 0 Å². The molecule has 0 aliphatic rings. The highest BCUT2D eigenvalue weighted by Crippen LogP contribution is 2.23. The molecule has 0 radical (unpaired) electrons. The van der Waals surface area contributed by atoms with Gasteiger partial charge >= 0.3 is 0 Å². The van der Waals surface area contributed by atoms with Crippen LogP contribution in [0.3, 0.4) is 0 Å². The monoisotopic (exact) mass is 370 g/mol. The van der Waals surface area contributed by atoms with E-state index in [4.69, 9.17) is 0 Å². The first-order valence-corrected chi connectivity index (χ1v) is 10.5. The Labute approximate surface area is 171 Å². The van der Waals surface area contributed by atoms with Crippen LogP contribution in [0.1, 0.15) is 87.3 Å². The van der Waals surface area contributed by atoms with Crippen LogP contribution in [0.25, 0.3) is 23.8 Å². The number of rotatable bonds is 4. The second-order valence-corrected chi connectivity index (χ2v) is 4.35. The van der Waals surface area contributed by atoms with Crippen LogP contribution >= 0.6 is 0 Å². The van der Waals surface area contributed by atoms with Crippen LogP contribution in [-0.4, -0.2) is 0 Å². The van der Waals surface area contributed by atoms with E-state index in [1.807, 2.05) is 87.5 Å². The maximum atomic E-state index is 3.92. The highest BCUT2D eigenvalue weighted by Gasteiger charge is 2.06. The van der Waals surface area contributed by atoms with Gasteiger partial charge in [0.2, 0.25) is 0 Å². The van der Waals surface area contributed by atoms with Crippen LogP contribution in [-0.2, 0) is 0 Å². The fourth-order valence-corrected chi connectivity index (χ4v) is 2.15. The first-order chi connectivity index (χ1) is 13.1. The van der Waals surface area contributed by atoms with E-state index < -0.39 is 0 Å². The molecule has 0 bridgehead atoms. The zero-order chi connectivity index (χ0) is 22.4. The van der Waals surface area contributed by atoms with Crippen LogP contribution in [0.2, 0.25) is 0 Å². The Bertz CT molecular complexity index is 652. The molecule has 154 valence electrons. The lowest BCUT2D eigenvalue weighted by Crippen LogP contribution is -2.25. The van der Waals surface area contributed by atoms with Crippen molar-refractivity contribution >= 4 is 23.8 Å². The summed E-state index contributed by atoms with van der Waals surface area (Å²) in [6, 6.07) is 4.36. The van der Waals surface area contributed by atoms with Gasteiger partial charge in [0.15, 0.2) is 0 Å². The highest BCUT2D eigenvalue weighted by atomic mass is 14.1. The third-order valence-corrected chi connectivity index (χ3v) is 3.32. The fraction of sp³-hybridized carbons (Fsp3) is 0.407. The van der Waals surface area contributed by atoms with Gasteiger partial charge in [-0.05, 0) is 65.6 Å². The lowest BCUT2D eigenvalue weighted by atomic mass is 9.94. The van der Waals surface area contributed by atoms with Crippen molar-refractivity contribution in [3.63, 3.8) is 0 Å². The molecule has 0 heterocycles. The smallest absolute Gasteiger partial charge is 0.0103 e. The summed E-state index contributed by atoms with van der Waals surface area (Å²) in [5.41, 5.74) is 4.50. The molecule has 0 atom stereocenters. The maximum absolute atomic E-state index is 3.92. The third-order valence-electron chi connectivity index (χ3n) is 3.32. The van der Waals surface area contributed by atoms with Gasteiger partial charge in [0.05, 0.1) is 0 Å². The fourth-order valence-electron chi connectivity index (χ4n) is 2.15. The first kappa shape index (κ1) is 32.6. The average Bonchev–Trinajstić information content (AvgIpc) is 2.79. The maximum Gasteiger partial charge on any atom is -0.0103 e. The normalized spacial score (nSPS) is 10.8. The minimum absolute atomic E-state index is 1.11. The largest absolute Gasteiger partial charge is 0.0988 e. The van der Waals surface area contributed by atoms with Crippen molar-refractivity contribution in [2.75, 3.05) is 0 Å².